The minimum absolute atomic E-state index is 0.337. The lowest BCUT2D eigenvalue weighted by atomic mass is 10.2. The number of ether oxygens (including phenoxy) is 3. The van der Waals surface area contributed by atoms with E-state index < -0.39 is 0 Å². The lowest BCUT2D eigenvalue weighted by molar-refractivity contribution is 0.0644. The van der Waals surface area contributed by atoms with Crippen LogP contribution >= 0.6 is 11.6 Å². The van der Waals surface area contributed by atoms with Crippen molar-refractivity contribution in [1.82, 2.24) is 0 Å². The molecule has 4 heteroatoms. The molecule has 0 aliphatic heterocycles. The Morgan fingerprint density at radius 2 is 2.05 bits per heavy atom. The summed E-state index contributed by atoms with van der Waals surface area (Å²) >= 11 is 5.52. The number of hydrogen-bond acceptors (Lipinski definition) is 3. The first kappa shape index (κ1) is 15.8. The van der Waals surface area contributed by atoms with Crippen molar-refractivity contribution in [1.29, 1.82) is 0 Å². The summed E-state index contributed by atoms with van der Waals surface area (Å²) in [6.45, 7) is 2.55. The molecule has 104 valence electrons. The van der Waals surface area contributed by atoms with Crippen LogP contribution in [0.3, 0.4) is 0 Å². The van der Waals surface area contributed by atoms with E-state index in [9.17, 15) is 0 Å². The SMILES string of the molecule is COCCOCCCOc1cccc(C#CCCl)c1. The predicted octanol–water partition coefficient (Wildman–Crippen LogP) is 2.71. The molecule has 0 amide bonds. The Labute approximate surface area is 119 Å². The normalized spacial score (nSPS) is 9.79. The minimum Gasteiger partial charge on any atom is -0.493 e. The monoisotopic (exact) mass is 282 g/mol. The van der Waals surface area contributed by atoms with Crippen molar-refractivity contribution in [3.8, 4) is 17.6 Å². The Morgan fingerprint density at radius 3 is 2.84 bits per heavy atom. The number of halogens is 1. The van der Waals surface area contributed by atoms with Gasteiger partial charge in [0.25, 0.3) is 0 Å². The lowest BCUT2D eigenvalue weighted by Gasteiger charge is -2.07. The summed E-state index contributed by atoms with van der Waals surface area (Å²) in [4.78, 5) is 0. The van der Waals surface area contributed by atoms with Gasteiger partial charge in [-0.05, 0) is 18.2 Å². The van der Waals surface area contributed by atoms with Crippen LogP contribution in [0.15, 0.2) is 24.3 Å². The highest BCUT2D eigenvalue weighted by molar-refractivity contribution is 6.19. The number of methoxy groups -OCH3 is 1. The maximum absolute atomic E-state index is 5.62. The van der Waals surface area contributed by atoms with E-state index in [1.807, 2.05) is 24.3 Å². The number of hydrogen-bond donors (Lipinski definition) is 0. The van der Waals surface area contributed by atoms with Crippen LogP contribution in [0.4, 0.5) is 0 Å². The van der Waals surface area contributed by atoms with Crippen molar-refractivity contribution >= 4 is 11.6 Å². The molecule has 0 aromatic heterocycles. The first-order valence-electron chi connectivity index (χ1n) is 6.21. The fourth-order valence-corrected chi connectivity index (χ4v) is 1.46. The number of rotatable bonds is 8. The van der Waals surface area contributed by atoms with Crippen molar-refractivity contribution in [3.05, 3.63) is 29.8 Å². The third-order valence-electron chi connectivity index (χ3n) is 2.27. The fourth-order valence-electron chi connectivity index (χ4n) is 1.39. The summed E-state index contributed by atoms with van der Waals surface area (Å²) in [5, 5.41) is 0. The van der Waals surface area contributed by atoms with E-state index >= 15 is 0 Å². The summed E-state index contributed by atoms with van der Waals surface area (Å²) in [7, 11) is 1.66. The topological polar surface area (TPSA) is 27.7 Å². The molecule has 1 rings (SSSR count). The zero-order valence-electron chi connectivity index (χ0n) is 11.2. The highest BCUT2D eigenvalue weighted by Gasteiger charge is 1.95. The van der Waals surface area contributed by atoms with Gasteiger partial charge < -0.3 is 14.2 Å². The Balaban J connectivity index is 2.22. The molecule has 0 saturated carbocycles. The second-order valence-electron chi connectivity index (χ2n) is 3.77. The van der Waals surface area contributed by atoms with Gasteiger partial charge in [-0.3, -0.25) is 0 Å². The Hall–Kier alpha value is -1.21. The molecule has 1 aromatic rings. The van der Waals surface area contributed by atoms with Gasteiger partial charge in [-0.15, -0.1) is 11.6 Å². The van der Waals surface area contributed by atoms with Crippen molar-refractivity contribution < 1.29 is 14.2 Å². The summed E-state index contributed by atoms with van der Waals surface area (Å²) in [6.07, 6.45) is 0.849. The maximum atomic E-state index is 5.62. The largest absolute Gasteiger partial charge is 0.493 e. The van der Waals surface area contributed by atoms with Crippen molar-refractivity contribution in [3.63, 3.8) is 0 Å². The molecule has 0 bridgehead atoms. The number of alkyl halides is 1. The summed E-state index contributed by atoms with van der Waals surface area (Å²) in [5.41, 5.74) is 0.912. The predicted molar refractivity (Wildman–Crippen MR) is 76.8 cm³/mol. The molecular formula is C15H19ClO3. The first-order chi connectivity index (χ1) is 9.36. The van der Waals surface area contributed by atoms with E-state index in [4.69, 9.17) is 25.8 Å². The molecule has 0 aliphatic carbocycles. The molecule has 0 atom stereocenters. The molecule has 0 N–H and O–H groups in total. The molecule has 3 nitrogen and oxygen atoms in total. The van der Waals surface area contributed by atoms with Crippen LogP contribution in [-0.4, -0.2) is 39.4 Å². The molecule has 19 heavy (non-hydrogen) atoms. The average Bonchev–Trinajstić information content (AvgIpc) is 2.44. The fraction of sp³-hybridized carbons (Fsp3) is 0.467. The highest BCUT2D eigenvalue weighted by atomic mass is 35.5. The van der Waals surface area contributed by atoms with Gasteiger partial charge >= 0.3 is 0 Å². The Bertz CT molecular complexity index is 409. The quantitative estimate of drug-likeness (QED) is 0.417. The molecule has 0 spiro atoms. The lowest BCUT2D eigenvalue weighted by Crippen LogP contribution is -2.06. The van der Waals surface area contributed by atoms with Crippen LogP contribution in [0.2, 0.25) is 0 Å². The van der Waals surface area contributed by atoms with E-state index in [1.54, 1.807) is 7.11 Å². The molecule has 0 aliphatic rings. The van der Waals surface area contributed by atoms with Crippen molar-refractivity contribution in [2.45, 2.75) is 6.42 Å². The molecule has 0 fully saturated rings. The van der Waals surface area contributed by atoms with Gasteiger partial charge in [0.05, 0.1) is 25.7 Å². The van der Waals surface area contributed by atoms with E-state index in [1.165, 1.54) is 0 Å². The van der Waals surface area contributed by atoms with Gasteiger partial charge in [0, 0.05) is 25.7 Å². The zero-order valence-corrected chi connectivity index (χ0v) is 11.9. The summed E-state index contributed by atoms with van der Waals surface area (Å²) < 4.78 is 15.9. The van der Waals surface area contributed by atoms with Gasteiger partial charge in [0.15, 0.2) is 0 Å². The van der Waals surface area contributed by atoms with Crippen molar-refractivity contribution in [2.75, 3.05) is 39.4 Å². The highest BCUT2D eigenvalue weighted by Crippen LogP contribution is 2.12. The van der Waals surface area contributed by atoms with Gasteiger partial charge in [-0.1, -0.05) is 17.9 Å². The maximum Gasteiger partial charge on any atom is 0.120 e. The molecule has 0 radical (unpaired) electrons. The van der Waals surface area contributed by atoms with Crippen LogP contribution in [0.25, 0.3) is 0 Å². The third kappa shape index (κ3) is 7.74. The third-order valence-corrected chi connectivity index (χ3v) is 2.40. The molecular weight excluding hydrogens is 264 g/mol. The Kier molecular flexibility index (Phi) is 8.91. The molecule has 0 heterocycles. The molecule has 0 unspecified atom stereocenters. The van der Waals surface area contributed by atoms with Crippen LogP contribution in [0, 0.1) is 11.8 Å². The average molecular weight is 283 g/mol. The Morgan fingerprint density at radius 1 is 1.16 bits per heavy atom. The van der Waals surface area contributed by atoms with Gasteiger partial charge in [-0.25, -0.2) is 0 Å². The smallest absolute Gasteiger partial charge is 0.120 e. The van der Waals surface area contributed by atoms with Crippen molar-refractivity contribution in [2.24, 2.45) is 0 Å². The standard InChI is InChI=1S/C15H19ClO3/c1-17-11-12-18-9-4-10-19-15-7-2-5-14(13-15)6-3-8-16/h2,5,7,13H,4,8-12H2,1H3. The molecule has 1 aromatic carbocycles. The van der Waals surface area contributed by atoms with Crippen LogP contribution in [0.1, 0.15) is 12.0 Å². The minimum atomic E-state index is 0.337. The van der Waals surface area contributed by atoms with Gasteiger partial charge in [0.2, 0.25) is 0 Å². The zero-order chi connectivity index (χ0) is 13.8. The van der Waals surface area contributed by atoms with Crippen LogP contribution < -0.4 is 4.74 Å². The van der Waals surface area contributed by atoms with E-state index in [0.29, 0.717) is 32.3 Å². The van der Waals surface area contributed by atoms with E-state index in [2.05, 4.69) is 11.8 Å². The molecule has 0 saturated heterocycles. The van der Waals surface area contributed by atoms with Gasteiger partial charge in [0.1, 0.15) is 5.75 Å². The van der Waals surface area contributed by atoms with Crippen LogP contribution in [0.5, 0.6) is 5.75 Å². The second kappa shape index (κ2) is 10.7. The van der Waals surface area contributed by atoms with Gasteiger partial charge in [-0.2, -0.15) is 0 Å². The van der Waals surface area contributed by atoms with Crippen LogP contribution in [-0.2, 0) is 9.47 Å². The van der Waals surface area contributed by atoms with E-state index in [0.717, 1.165) is 17.7 Å². The summed E-state index contributed by atoms with van der Waals surface area (Å²) in [6, 6.07) is 7.67. The number of benzene rings is 1. The first-order valence-corrected chi connectivity index (χ1v) is 6.74. The van der Waals surface area contributed by atoms with E-state index in [-0.39, 0.29) is 0 Å². The second-order valence-corrected chi connectivity index (χ2v) is 4.04. The summed E-state index contributed by atoms with van der Waals surface area (Å²) in [5.74, 6) is 6.93.